The molecule has 0 fully saturated rings. The number of benzene rings is 1. The second-order valence-corrected chi connectivity index (χ2v) is 4.55. The van der Waals surface area contributed by atoms with E-state index in [2.05, 4.69) is 10.5 Å². The minimum Gasteiger partial charge on any atom is -0.496 e. The molecular formula is C14H20N4O2. The van der Waals surface area contributed by atoms with Gasteiger partial charge in [-0.15, -0.1) is 0 Å². The minimum atomic E-state index is -0.230. The molecule has 1 aromatic carbocycles. The molecule has 0 aliphatic carbocycles. The fourth-order valence-electron chi connectivity index (χ4n) is 2.26. The smallest absolute Gasteiger partial charge is 0.161 e. The second-order valence-electron chi connectivity index (χ2n) is 4.55. The van der Waals surface area contributed by atoms with Crippen LogP contribution < -0.4 is 20.7 Å². The Hall–Kier alpha value is -2.05. The molecule has 2 rings (SSSR count). The Kier molecular flexibility index (Phi) is 4.26. The Balaban J connectivity index is 2.49. The maximum atomic E-state index is 5.73. The molecule has 1 aromatic heterocycles. The summed E-state index contributed by atoms with van der Waals surface area (Å²) < 4.78 is 12.4. The highest BCUT2D eigenvalue weighted by molar-refractivity contribution is 5.42. The van der Waals surface area contributed by atoms with Crippen LogP contribution in [0.5, 0.6) is 11.5 Å². The standard InChI is InChI=1S/C14H20N4O2/c1-9-5-6-10(7-11(9)19-3)13(17-15)14-12(20-4)8-16-18(14)2/h5-8,13,17H,15H2,1-4H3. The molecular weight excluding hydrogens is 256 g/mol. The summed E-state index contributed by atoms with van der Waals surface area (Å²) >= 11 is 0. The molecule has 6 nitrogen and oxygen atoms in total. The molecule has 1 atom stereocenters. The predicted octanol–water partition coefficient (Wildman–Crippen LogP) is 1.30. The van der Waals surface area contributed by atoms with E-state index in [4.69, 9.17) is 15.3 Å². The van der Waals surface area contributed by atoms with Crippen molar-refractivity contribution in [3.63, 3.8) is 0 Å². The molecule has 1 unspecified atom stereocenters. The van der Waals surface area contributed by atoms with Crippen LogP contribution in [-0.2, 0) is 7.05 Å². The van der Waals surface area contributed by atoms with E-state index in [1.54, 1.807) is 25.1 Å². The van der Waals surface area contributed by atoms with Crippen LogP contribution >= 0.6 is 0 Å². The molecule has 1 heterocycles. The van der Waals surface area contributed by atoms with E-state index in [0.29, 0.717) is 5.75 Å². The number of nitrogens with zero attached hydrogens (tertiary/aromatic N) is 2. The van der Waals surface area contributed by atoms with Gasteiger partial charge in [-0.2, -0.15) is 5.10 Å². The molecule has 0 saturated heterocycles. The van der Waals surface area contributed by atoms with Gasteiger partial charge in [0, 0.05) is 7.05 Å². The maximum absolute atomic E-state index is 5.73. The van der Waals surface area contributed by atoms with Crippen LogP contribution in [0.3, 0.4) is 0 Å². The Labute approximate surface area is 118 Å². The molecule has 20 heavy (non-hydrogen) atoms. The lowest BCUT2D eigenvalue weighted by atomic mass is 10.0. The summed E-state index contributed by atoms with van der Waals surface area (Å²) in [6.07, 6.45) is 1.67. The van der Waals surface area contributed by atoms with E-state index >= 15 is 0 Å². The SMILES string of the molecule is COc1cc(C(NN)c2c(OC)cnn2C)ccc1C. The fraction of sp³-hybridized carbons (Fsp3) is 0.357. The van der Waals surface area contributed by atoms with E-state index in [1.165, 1.54) is 0 Å². The molecule has 6 heteroatoms. The number of aryl methyl sites for hydroxylation is 2. The van der Waals surface area contributed by atoms with Crippen LogP contribution in [0, 0.1) is 6.92 Å². The third-order valence-electron chi connectivity index (χ3n) is 3.37. The molecule has 108 valence electrons. The highest BCUT2D eigenvalue weighted by Crippen LogP contribution is 2.31. The molecule has 0 radical (unpaired) electrons. The summed E-state index contributed by atoms with van der Waals surface area (Å²) in [4.78, 5) is 0. The highest BCUT2D eigenvalue weighted by atomic mass is 16.5. The zero-order chi connectivity index (χ0) is 14.7. The molecule has 0 amide bonds. The number of rotatable bonds is 5. The van der Waals surface area contributed by atoms with Crippen molar-refractivity contribution in [3.8, 4) is 11.5 Å². The Morgan fingerprint density at radius 3 is 2.55 bits per heavy atom. The first kappa shape index (κ1) is 14.4. The van der Waals surface area contributed by atoms with Gasteiger partial charge in [-0.3, -0.25) is 10.5 Å². The van der Waals surface area contributed by atoms with Crippen LogP contribution in [0.15, 0.2) is 24.4 Å². The van der Waals surface area contributed by atoms with E-state index in [1.807, 2.05) is 32.2 Å². The lowest BCUT2D eigenvalue weighted by Crippen LogP contribution is -2.30. The van der Waals surface area contributed by atoms with E-state index in [-0.39, 0.29) is 6.04 Å². The van der Waals surface area contributed by atoms with E-state index < -0.39 is 0 Å². The molecule has 2 aromatic rings. The van der Waals surface area contributed by atoms with Gasteiger partial charge in [0.05, 0.1) is 26.5 Å². The first-order valence-corrected chi connectivity index (χ1v) is 6.29. The Morgan fingerprint density at radius 2 is 1.95 bits per heavy atom. The van der Waals surface area contributed by atoms with Crippen LogP contribution in [0.4, 0.5) is 0 Å². The third kappa shape index (κ3) is 2.48. The van der Waals surface area contributed by atoms with Crippen LogP contribution in [0.2, 0.25) is 0 Å². The van der Waals surface area contributed by atoms with Crippen molar-refractivity contribution < 1.29 is 9.47 Å². The van der Waals surface area contributed by atoms with Gasteiger partial charge in [0.2, 0.25) is 0 Å². The number of nitrogens with one attached hydrogen (secondary N) is 1. The molecule has 0 bridgehead atoms. The van der Waals surface area contributed by atoms with Crippen molar-refractivity contribution in [2.45, 2.75) is 13.0 Å². The van der Waals surface area contributed by atoms with Gasteiger partial charge in [0.25, 0.3) is 0 Å². The van der Waals surface area contributed by atoms with Crippen LogP contribution in [0.25, 0.3) is 0 Å². The number of ether oxygens (including phenoxy) is 2. The van der Waals surface area contributed by atoms with Gasteiger partial charge in [-0.05, 0) is 24.1 Å². The lowest BCUT2D eigenvalue weighted by Gasteiger charge is -2.19. The first-order chi connectivity index (χ1) is 9.62. The maximum Gasteiger partial charge on any atom is 0.161 e. The predicted molar refractivity (Wildman–Crippen MR) is 76.7 cm³/mol. The minimum absolute atomic E-state index is 0.230. The van der Waals surface area contributed by atoms with Crippen molar-refractivity contribution in [1.82, 2.24) is 15.2 Å². The molecule has 3 N–H and O–H groups in total. The molecule has 0 aliphatic rings. The number of nitrogens with two attached hydrogens (primary N) is 1. The van der Waals surface area contributed by atoms with E-state index in [0.717, 1.165) is 22.6 Å². The van der Waals surface area contributed by atoms with E-state index in [9.17, 15) is 0 Å². The average molecular weight is 276 g/mol. The summed E-state index contributed by atoms with van der Waals surface area (Å²) in [6, 6.07) is 5.74. The quantitative estimate of drug-likeness (QED) is 0.636. The monoisotopic (exact) mass is 276 g/mol. The number of hydrogen-bond donors (Lipinski definition) is 2. The average Bonchev–Trinajstić information content (AvgIpc) is 2.83. The Morgan fingerprint density at radius 1 is 1.25 bits per heavy atom. The second kappa shape index (κ2) is 5.94. The van der Waals surface area contributed by atoms with Gasteiger partial charge < -0.3 is 9.47 Å². The molecule has 0 saturated carbocycles. The van der Waals surface area contributed by atoms with Crippen molar-refractivity contribution in [3.05, 3.63) is 41.2 Å². The lowest BCUT2D eigenvalue weighted by molar-refractivity contribution is 0.399. The number of aromatic nitrogens is 2. The summed E-state index contributed by atoms with van der Waals surface area (Å²) in [5, 5.41) is 4.21. The molecule has 0 spiro atoms. The topological polar surface area (TPSA) is 74.3 Å². The highest BCUT2D eigenvalue weighted by Gasteiger charge is 2.22. The number of methoxy groups -OCH3 is 2. The summed E-state index contributed by atoms with van der Waals surface area (Å²) in [7, 11) is 5.12. The van der Waals surface area contributed by atoms with Crippen molar-refractivity contribution in [2.24, 2.45) is 12.9 Å². The first-order valence-electron chi connectivity index (χ1n) is 6.29. The largest absolute Gasteiger partial charge is 0.496 e. The van der Waals surface area contributed by atoms with Gasteiger partial charge >= 0.3 is 0 Å². The van der Waals surface area contributed by atoms with Crippen molar-refractivity contribution >= 4 is 0 Å². The third-order valence-corrected chi connectivity index (χ3v) is 3.37. The fourth-order valence-corrected chi connectivity index (χ4v) is 2.26. The van der Waals surface area contributed by atoms with Crippen molar-refractivity contribution in [2.75, 3.05) is 14.2 Å². The molecule has 0 aliphatic heterocycles. The summed E-state index contributed by atoms with van der Waals surface area (Å²) in [5.41, 5.74) is 5.73. The summed E-state index contributed by atoms with van der Waals surface area (Å²) in [6.45, 7) is 2.00. The normalized spacial score (nSPS) is 12.2. The van der Waals surface area contributed by atoms with Gasteiger partial charge in [-0.25, -0.2) is 5.43 Å². The zero-order valence-corrected chi connectivity index (χ0v) is 12.2. The number of hydrogen-bond acceptors (Lipinski definition) is 5. The van der Waals surface area contributed by atoms with Crippen LogP contribution in [0.1, 0.15) is 22.9 Å². The van der Waals surface area contributed by atoms with Gasteiger partial charge in [-0.1, -0.05) is 12.1 Å². The van der Waals surface area contributed by atoms with Crippen molar-refractivity contribution in [1.29, 1.82) is 0 Å². The number of hydrazine groups is 1. The van der Waals surface area contributed by atoms with Gasteiger partial charge in [0.1, 0.15) is 11.4 Å². The Bertz CT molecular complexity index is 595. The van der Waals surface area contributed by atoms with Crippen LogP contribution in [-0.4, -0.2) is 24.0 Å². The van der Waals surface area contributed by atoms with Gasteiger partial charge in [0.15, 0.2) is 5.75 Å². The zero-order valence-electron chi connectivity index (χ0n) is 12.2. The summed E-state index contributed by atoms with van der Waals surface area (Å²) in [5.74, 6) is 7.24.